The average Bonchev–Trinajstić information content (AvgIpc) is 3.37. The second kappa shape index (κ2) is 6.56. The van der Waals surface area contributed by atoms with Gasteiger partial charge < -0.3 is 20.4 Å². The largest absolute Gasteiger partial charge is 0.497 e. The zero-order valence-electron chi connectivity index (χ0n) is 15.6. The van der Waals surface area contributed by atoms with Gasteiger partial charge in [-0.1, -0.05) is 6.07 Å². The lowest BCUT2D eigenvalue weighted by molar-refractivity contribution is 0.415. The predicted octanol–water partition coefficient (Wildman–Crippen LogP) is 4.24. The summed E-state index contributed by atoms with van der Waals surface area (Å²) >= 11 is 0. The lowest BCUT2D eigenvalue weighted by Gasteiger charge is -2.09. The molecule has 0 radical (unpaired) electrons. The first-order chi connectivity index (χ1) is 13.7. The fraction of sp³-hybridized carbons (Fsp3) is 0.182. The van der Waals surface area contributed by atoms with Crippen molar-refractivity contribution in [2.45, 2.75) is 19.3 Å². The fourth-order valence-electron chi connectivity index (χ4n) is 3.84. The van der Waals surface area contributed by atoms with Crippen molar-refractivity contribution in [1.29, 1.82) is 0 Å². The maximum absolute atomic E-state index is 6.09. The van der Waals surface area contributed by atoms with E-state index in [-0.39, 0.29) is 0 Å². The minimum absolute atomic E-state index is 0.418. The number of hydrogen-bond donors (Lipinski definition) is 2. The summed E-state index contributed by atoms with van der Waals surface area (Å²) in [6.45, 7) is 0. The van der Waals surface area contributed by atoms with Crippen LogP contribution in [0.15, 0.2) is 54.9 Å². The molecule has 0 aliphatic heterocycles. The van der Waals surface area contributed by atoms with E-state index < -0.39 is 0 Å². The smallest absolute Gasteiger partial charge is 0.162 e. The van der Waals surface area contributed by atoms with Crippen LogP contribution in [-0.2, 0) is 12.8 Å². The lowest BCUT2D eigenvalue weighted by Crippen LogP contribution is -2.00. The van der Waals surface area contributed by atoms with Crippen molar-refractivity contribution < 1.29 is 4.74 Å². The minimum atomic E-state index is 0.418. The summed E-state index contributed by atoms with van der Waals surface area (Å²) in [6.07, 6.45) is 7.55. The molecular weight excluding hydrogens is 350 g/mol. The van der Waals surface area contributed by atoms with Gasteiger partial charge in [-0.05, 0) is 66.8 Å². The van der Waals surface area contributed by atoms with Crippen LogP contribution < -0.4 is 15.8 Å². The summed E-state index contributed by atoms with van der Waals surface area (Å²) in [5, 5.41) is 13.7. The van der Waals surface area contributed by atoms with Gasteiger partial charge >= 0.3 is 0 Å². The Kier molecular flexibility index (Phi) is 3.90. The normalized spacial score (nSPS) is 12.9. The van der Waals surface area contributed by atoms with Gasteiger partial charge in [0, 0.05) is 34.5 Å². The zero-order valence-corrected chi connectivity index (χ0v) is 15.6. The molecule has 2 heterocycles. The molecule has 0 amide bonds. The van der Waals surface area contributed by atoms with Gasteiger partial charge in [0.25, 0.3) is 0 Å². The van der Waals surface area contributed by atoms with Crippen LogP contribution in [-0.4, -0.2) is 21.9 Å². The molecule has 2 aromatic heterocycles. The van der Waals surface area contributed by atoms with Gasteiger partial charge in [0.15, 0.2) is 11.6 Å². The molecule has 4 aromatic rings. The second-order valence-electron chi connectivity index (χ2n) is 7.09. The van der Waals surface area contributed by atoms with Gasteiger partial charge in [0.05, 0.1) is 7.11 Å². The first-order valence-corrected chi connectivity index (χ1v) is 9.38. The van der Waals surface area contributed by atoms with Crippen molar-refractivity contribution in [2.75, 3.05) is 18.2 Å². The Balaban J connectivity index is 1.54. The second-order valence-corrected chi connectivity index (χ2v) is 7.09. The topological polar surface area (TPSA) is 78.0 Å². The highest BCUT2D eigenvalue weighted by atomic mass is 16.5. The Morgan fingerprint density at radius 1 is 0.964 bits per heavy atom. The standard InChI is InChI=1S/C22H21N5O/c1-28-18-9-7-17(8-10-18)27-12-19-20(13-27)22(26-25-21(19)23)24-16-6-5-14-3-2-4-15(14)11-16/h5-13H,2-4H2,1H3,(H2,23,25)(H,24,26). The highest BCUT2D eigenvalue weighted by Gasteiger charge is 2.14. The highest BCUT2D eigenvalue weighted by molar-refractivity contribution is 5.99. The Morgan fingerprint density at radius 3 is 2.57 bits per heavy atom. The van der Waals surface area contributed by atoms with Crippen LogP contribution >= 0.6 is 0 Å². The van der Waals surface area contributed by atoms with E-state index in [0.717, 1.165) is 34.3 Å². The third kappa shape index (κ3) is 2.83. The minimum Gasteiger partial charge on any atom is -0.497 e. The Morgan fingerprint density at radius 2 is 1.75 bits per heavy atom. The SMILES string of the molecule is COc1ccc(-n2cc3c(N)nnc(Nc4ccc5c(c4)CCC5)c3c2)cc1. The summed E-state index contributed by atoms with van der Waals surface area (Å²) in [4.78, 5) is 0. The summed E-state index contributed by atoms with van der Waals surface area (Å²) in [7, 11) is 1.66. The number of fused-ring (bicyclic) bond motifs is 2. The number of nitrogens with two attached hydrogens (primary N) is 1. The number of aryl methyl sites for hydroxylation is 2. The van der Waals surface area contributed by atoms with Crippen LogP contribution in [0.1, 0.15) is 17.5 Å². The summed E-state index contributed by atoms with van der Waals surface area (Å²) < 4.78 is 7.27. The number of nitrogens with zero attached hydrogens (tertiary/aromatic N) is 3. The monoisotopic (exact) mass is 371 g/mol. The van der Waals surface area contributed by atoms with E-state index in [4.69, 9.17) is 10.5 Å². The van der Waals surface area contributed by atoms with Crippen molar-refractivity contribution in [3.8, 4) is 11.4 Å². The van der Waals surface area contributed by atoms with E-state index in [0.29, 0.717) is 11.6 Å². The molecule has 0 saturated heterocycles. The number of nitrogen functional groups attached to an aromatic ring is 1. The van der Waals surface area contributed by atoms with Gasteiger partial charge in [-0.25, -0.2) is 0 Å². The van der Waals surface area contributed by atoms with Crippen LogP contribution in [0.3, 0.4) is 0 Å². The third-order valence-corrected chi connectivity index (χ3v) is 5.35. The molecule has 6 heteroatoms. The number of methoxy groups -OCH3 is 1. The van der Waals surface area contributed by atoms with Crippen molar-refractivity contribution in [3.63, 3.8) is 0 Å². The Hall–Kier alpha value is -3.54. The molecule has 0 fully saturated rings. The molecule has 1 aliphatic rings. The highest BCUT2D eigenvalue weighted by Crippen LogP contribution is 2.31. The Bertz CT molecular complexity index is 1160. The molecule has 5 rings (SSSR count). The van der Waals surface area contributed by atoms with Crippen LogP contribution in [0.4, 0.5) is 17.3 Å². The lowest BCUT2D eigenvalue weighted by atomic mass is 10.1. The maximum atomic E-state index is 6.09. The molecule has 0 bridgehead atoms. The van der Waals surface area contributed by atoms with Gasteiger partial charge in [0.2, 0.25) is 0 Å². The van der Waals surface area contributed by atoms with Crippen molar-refractivity contribution in [3.05, 3.63) is 66.0 Å². The average molecular weight is 371 g/mol. The van der Waals surface area contributed by atoms with E-state index in [2.05, 4.69) is 33.7 Å². The summed E-state index contributed by atoms with van der Waals surface area (Å²) in [6, 6.07) is 14.4. The van der Waals surface area contributed by atoms with Crippen molar-refractivity contribution in [1.82, 2.24) is 14.8 Å². The molecular formula is C22H21N5O. The van der Waals surface area contributed by atoms with E-state index in [1.807, 2.05) is 41.2 Å². The molecule has 2 aromatic carbocycles. The van der Waals surface area contributed by atoms with Crippen LogP contribution in [0, 0.1) is 0 Å². The molecule has 1 aliphatic carbocycles. The number of anilines is 3. The summed E-state index contributed by atoms with van der Waals surface area (Å²) in [5.74, 6) is 1.94. The molecule has 0 saturated carbocycles. The molecule has 3 N–H and O–H groups in total. The molecule has 0 spiro atoms. The summed E-state index contributed by atoms with van der Waals surface area (Å²) in [5.41, 5.74) is 11.0. The van der Waals surface area contributed by atoms with Gasteiger partial charge in [-0.15, -0.1) is 10.2 Å². The van der Waals surface area contributed by atoms with Crippen LogP contribution in [0.5, 0.6) is 5.75 Å². The van der Waals surface area contributed by atoms with Gasteiger partial charge in [-0.3, -0.25) is 0 Å². The van der Waals surface area contributed by atoms with E-state index in [9.17, 15) is 0 Å². The number of ether oxygens (including phenoxy) is 1. The van der Waals surface area contributed by atoms with E-state index in [1.165, 1.54) is 24.0 Å². The third-order valence-electron chi connectivity index (χ3n) is 5.35. The molecule has 0 unspecified atom stereocenters. The van der Waals surface area contributed by atoms with Gasteiger partial charge in [-0.2, -0.15) is 0 Å². The quantitative estimate of drug-likeness (QED) is 0.561. The fourth-order valence-corrected chi connectivity index (χ4v) is 3.84. The molecule has 0 atom stereocenters. The number of nitrogens with one attached hydrogen (secondary N) is 1. The maximum Gasteiger partial charge on any atom is 0.162 e. The van der Waals surface area contributed by atoms with Crippen molar-refractivity contribution in [2.24, 2.45) is 0 Å². The molecule has 6 nitrogen and oxygen atoms in total. The van der Waals surface area contributed by atoms with E-state index in [1.54, 1.807) is 7.11 Å². The first kappa shape index (κ1) is 16.6. The number of aromatic nitrogens is 3. The van der Waals surface area contributed by atoms with Crippen LogP contribution in [0.25, 0.3) is 16.5 Å². The van der Waals surface area contributed by atoms with E-state index >= 15 is 0 Å². The Labute approximate surface area is 163 Å². The zero-order chi connectivity index (χ0) is 19.1. The number of rotatable bonds is 4. The van der Waals surface area contributed by atoms with Crippen LogP contribution in [0.2, 0.25) is 0 Å². The molecule has 28 heavy (non-hydrogen) atoms. The number of hydrogen-bond acceptors (Lipinski definition) is 5. The number of benzene rings is 2. The first-order valence-electron chi connectivity index (χ1n) is 9.38. The predicted molar refractivity (Wildman–Crippen MR) is 112 cm³/mol. The van der Waals surface area contributed by atoms with Crippen molar-refractivity contribution >= 4 is 28.1 Å². The molecule has 140 valence electrons. The van der Waals surface area contributed by atoms with Gasteiger partial charge in [0.1, 0.15) is 5.75 Å².